The molecule has 1 aliphatic rings. The molecule has 0 aliphatic carbocycles. The predicted molar refractivity (Wildman–Crippen MR) is 97.2 cm³/mol. The van der Waals surface area contributed by atoms with Gasteiger partial charge in [-0.2, -0.15) is 0 Å². The van der Waals surface area contributed by atoms with Crippen LogP contribution in [0, 0.1) is 0 Å². The molecule has 0 amide bonds. The zero-order chi connectivity index (χ0) is 18.3. The summed E-state index contributed by atoms with van der Waals surface area (Å²) < 4.78 is 10.3. The average Bonchev–Trinajstić information content (AvgIpc) is 3.03. The van der Waals surface area contributed by atoms with Crippen molar-refractivity contribution in [2.45, 2.75) is 109 Å². The van der Waals surface area contributed by atoms with E-state index in [2.05, 4.69) is 6.92 Å². The van der Waals surface area contributed by atoms with Crippen molar-refractivity contribution in [2.75, 3.05) is 6.61 Å². The molecule has 0 aromatic heterocycles. The molecule has 0 radical (unpaired) electrons. The number of aliphatic hydroxyl groups excluding tert-OH is 1. The van der Waals surface area contributed by atoms with Gasteiger partial charge in [0.05, 0.1) is 6.61 Å². The Bertz CT molecular complexity index is 369. The number of aliphatic hydroxyl groups is 1. The highest BCUT2D eigenvalue weighted by Gasteiger charge is 2.33. The standard InChI is InChI=1S/C20H36O5/c1-2-3-4-5-6-7-8-9-10-11-12-13-19(22)25-18(16-21)17-14-15-20(23)24-17/h17-18,21H,2-16H2,1H3/t17-,18+/m1/s1. The van der Waals surface area contributed by atoms with Crippen LogP contribution in [0.5, 0.6) is 0 Å². The van der Waals surface area contributed by atoms with Crippen LogP contribution in [-0.4, -0.2) is 35.9 Å². The lowest BCUT2D eigenvalue weighted by molar-refractivity contribution is -0.164. The molecule has 5 nitrogen and oxygen atoms in total. The van der Waals surface area contributed by atoms with E-state index in [4.69, 9.17) is 9.47 Å². The Labute approximate surface area is 152 Å². The maximum absolute atomic E-state index is 11.8. The summed E-state index contributed by atoms with van der Waals surface area (Å²) in [7, 11) is 0. The first-order valence-electron chi connectivity index (χ1n) is 10.2. The number of carbonyl (C=O) groups excluding carboxylic acids is 2. The molecule has 1 saturated heterocycles. The Morgan fingerprint density at radius 3 is 2.12 bits per heavy atom. The van der Waals surface area contributed by atoms with Gasteiger partial charge in [0.25, 0.3) is 0 Å². The normalized spacial score (nSPS) is 18.2. The van der Waals surface area contributed by atoms with Crippen LogP contribution in [0.1, 0.15) is 96.8 Å². The zero-order valence-electron chi connectivity index (χ0n) is 15.8. The molecule has 0 saturated carbocycles. The largest absolute Gasteiger partial charge is 0.458 e. The molecule has 0 aromatic rings. The van der Waals surface area contributed by atoms with Gasteiger partial charge in [-0.25, -0.2) is 0 Å². The number of hydrogen-bond acceptors (Lipinski definition) is 5. The minimum atomic E-state index is -0.716. The Morgan fingerprint density at radius 1 is 1.08 bits per heavy atom. The average molecular weight is 357 g/mol. The zero-order valence-corrected chi connectivity index (χ0v) is 15.8. The lowest BCUT2D eigenvalue weighted by atomic mass is 10.1. The molecule has 25 heavy (non-hydrogen) atoms. The SMILES string of the molecule is CCCCCCCCCCCCCC(=O)O[C@@H](CO)[C@H]1CCC(=O)O1. The molecule has 0 bridgehead atoms. The lowest BCUT2D eigenvalue weighted by Gasteiger charge is -2.20. The number of hydrogen-bond donors (Lipinski definition) is 1. The summed E-state index contributed by atoms with van der Waals surface area (Å²) in [5.74, 6) is -0.595. The molecule has 1 rings (SSSR count). The van der Waals surface area contributed by atoms with Gasteiger partial charge < -0.3 is 14.6 Å². The number of ether oxygens (including phenoxy) is 2. The summed E-state index contributed by atoms with van der Waals surface area (Å²) in [6, 6.07) is 0. The lowest BCUT2D eigenvalue weighted by Crippen LogP contribution is -2.34. The topological polar surface area (TPSA) is 72.8 Å². The van der Waals surface area contributed by atoms with Crippen molar-refractivity contribution in [1.29, 1.82) is 0 Å². The van der Waals surface area contributed by atoms with Gasteiger partial charge >= 0.3 is 11.9 Å². The van der Waals surface area contributed by atoms with E-state index in [1.807, 2.05) is 0 Å². The molecule has 0 unspecified atom stereocenters. The summed E-state index contributed by atoms with van der Waals surface area (Å²) in [4.78, 5) is 22.9. The van der Waals surface area contributed by atoms with Crippen LogP contribution in [0.25, 0.3) is 0 Å². The van der Waals surface area contributed by atoms with Crippen LogP contribution >= 0.6 is 0 Å². The number of unbranched alkanes of at least 4 members (excludes halogenated alkanes) is 10. The number of carbonyl (C=O) groups is 2. The highest BCUT2D eigenvalue weighted by Crippen LogP contribution is 2.20. The molecule has 146 valence electrons. The molecule has 0 spiro atoms. The molecule has 1 fully saturated rings. The van der Waals surface area contributed by atoms with Gasteiger partial charge in [0.1, 0.15) is 6.10 Å². The quantitative estimate of drug-likeness (QED) is 0.350. The van der Waals surface area contributed by atoms with Crippen LogP contribution in [0.15, 0.2) is 0 Å². The summed E-state index contributed by atoms with van der Waals surface area (Å²) in [5.41, 5.74) is 0. The molecular formula is C20H36O5. The van der Waals surface area contributed by atoms with Gasteiger partial charge in [0, 0.05) is 12.8 Å². The number of cyclic esters (lactones) is 1. The highest BCUT2D eigenvalue weighted by molar-refractivity contribution is 5.72. The predicted octanol–water partition coefficient (Wildman–Crippen LogP) is 4.30. The Hall–Kier alpha value is -1.10. The van der Waals surface area contributed by atoms with Crippen LogP contribution in [0.2, 0.25) is 0 Å². The second-order valence-electron chi connectivity index (χ2n) is 7.06. The second-order valence-corrected chi connectivity index (χ2v) is 7.06. The maximum Gasteiger partial charge on any atom is 0.306 e. The summed E-state index contributed by atoms with van der Waals surface area (Å²) in [5, 5.41) is 9.31. The monoisotopic (exact) mass is 356 g/mol. The van der Waals surface area contributed by atoms with Crippen molar-refractivity contribution >= 4 is 11.9 Å². The van der Waals surface area contributed by atoms with Crippen LogP contribution in [0.3, 0.4) is 0 Å². The first-order chi connectivity index (χ1) is 12.2. The Balaban J connectivity index is 1.95. The summed E-state index contributed by atoms with van der Waals surface area (Å²) >= 11 is 0. The van der Waals surface area contributed by atoms with E-state index in [0.29, 0.717) is 19.3 Å². The van der Waals surface area contributed by atoms with Gasteiger partial charge in [0.15, 0.2) is 6.10 Å². The van der Waals surface area contributed by atoms with Crippen molar-refractivity contribution < 1.29 is 24.2 Å². The van der Waals surface area contributed by atoms with Crippen molar-refractivity contribution in [3.8, 4) is 0 Å². The third-order valence-electron chi connectivity index (χ3n) is 4.78. The van der Waals surface area contributed by atoms with E-state index in [9.17, 15) is 14.7 Å². The van der Waals surface area contributed by atoms with E-state index >= 15 is 0 Å². The first-order valence-corrected chi connectivity index (χ1v) is 10.2. The Kier molecular flexibility index (Phi) is 12.4. The van der Waals surface area contributed by atoms with Crippen molar-refractivity contribution in [1.82, 2.24) is 0 Å². The third-order valence-corrected chi connectivity index (χ3v) is 4.78. The van der Waals surface area contributed by atoms with Crippen LogP contribution in [0.4, 0.5) is 0 Å². The first kappa shape index (κ1) is 21.9. The minimum Gasteiger partial charge on any atom is -0.458 e. The van der Waals surface area contributed by atoms with Crippen LogP contribution in [-0.2, 0) is 19.1 Å². The van der Waals surface area contributed by atoms with Crippen molar-refractivity contribution in [3.63, 3.8) is 0 Å². The van der Waals surface area contributed by atoms with Gasteiger partial charge in [0.2, 0.25) is 0 Å². The van der Waals surface area contributed by atoms with Gasteiger partial charge in [-0.1, -0.05) is 71.1 Å². The Morgan fingerprint density at radius 2 is 1.64 bits per heavy atom. The molecule has 0 aromatic carbocycles. The van der Waals surface area contributed by atoms with Gasteiger partial charge in [-0.15, -0.1) is 0 Å². The number of esters is 2. The second kappa shape index (κ2) is 14.1. The van der Waals surface area contributed by atoms with Crippen molar-refractivity contribution in [2.24, 2.45) is 0 Å². The summed E-state index contributed by atoms with van der Waals surface area (Å²) in [6.07, 6.45) is 13.6. The molecule has 1 N–H and O–H groups in total. The fourth-order valence-electron chi connectivity index (χ4n) is 3.20. The third kappa shape index (κ3) is 10.5. The smallest absolute Gasteiger partial charge is 0.306 e. The maximum atomic E-state index is 11.8. The van der Waals surface area contributed by atoms with Gasteiger partial charge in [-0.3, -0.25) is 9.59 Å². The molecule has 2 atom stereocenters. The van der Waals surface area contributed by atoms with Crippen molar-refractivity contribution in [3.05, 3.63) is 0 Å². The molecule has 1 aliphatic heterocycles. The van der Waals surface area contributed by atoms with Gasteiger partial charge in [-0.05, 0) is 12.8 Å². The summed E-state index contributed by atoms with van der Waals surface area (Å²) in [6.45, 7) is 1.94. The molecule has 5 heteroatoms. The highest BCUT2D eigenvalue weighted by atomic mass is 16.6. The molecular weight excluding hydrogens is 320 g/mol. The van der Waals surface area contributed by atoms with E-state index in [-0.39, 0.29) is 18.5 Å². The van der Waals surface area contributed by atoms with Crippen LogP contribution < -0.4 is 0 Å². The molecule has 1 heterocycles. The fourth-order valence-corrected chi connectivity index (χ4v) is 3.20. The number of rotatable bonds is 15. The van der Waals surface area contributed by atoms with E-state index in [1.54, 1.807) is 0 Å². The van der Waals surface area contributed by atoms with E-state index in [1.165, 1.54) is 51.4 Å². The minimum absolute atomic E-state index is 0.287. The fraction of sp³-hybridized carbons (Fsp3) is 0.900. The van der Waals surface area contributed by atoms with E-state index < -0.39 is 12.2 Å². The van der Waals surface area contributed by atoms with E-state index in [0.717, 1.165) is 19.3 Å².